The molecule has 1 aromatic carbocycles. The van der Waals surface area contributed by atoms with Crippen LogP contribution in [0, 0.1) is 0 Å². The van der Waals surface area contributed by atoms with Crippen LogP contribution in [0.5, 0.6) is 5.75 Å². The molecule has 4 nitrogen and oxygen atoms in total. The second-order valence-corrected chi connectivity index (χ2v) is 4.31. The Bertz CT molecular complexity index is 395. The van der Waals surface area contributed by atoms with Crippen molar-refractivity contribution in [3.05, 3.63) is 28.8 Å². The molecule has 0 aliphatic heterocycles. The standard InChI is InChI=1S/C12H16ClNO3/c1-8(3-2-6-15)14-12(17)9-4-5-11(16)10(13)7-9/h4-5,7-8,15-16H,2-3,6H2,1H3,(H,14,17). The molecule has 1 amide bonds. The molecule has 0 radical (unpaired) electrons. The zero-order valence-corrected chi connectivity index (χ0v) is 10.4. The van der Waals surface area contributed by atoms with Crippen LogP contribution < -0.4 is 5.32 Å². The first-order valence-corrected chi connectivity index (χ1v) is 5.82. The predicted octanol–water partition coefficient (Wildman–Crippen LogP) is 1.94. The van der Waals surface area contributed by atoms with E-state index < -0.39 is 0 Å². The number of amides is 1. The van der Waals surface area contributed by atoms with Crippen LogP contribution in [0.3, 0.4) is 0 Å². The molecule has 0 aliphatic carbocycles. The SMILES string of the molecule is CC(CCCO)NC(=O)c1ccc(O)c(Cl)c1. The molecule has 1 unspecified atom stereocenters. The van der Waals surface area contributed by atoms with Crippen LogP contribution in [0.4, 0.5) is 0 Å². The lowest BCUT2D eigenvalue weighted by atomic mass is 10.1. The van der Waals surface area contributed by atoms with Crippen LogP contribution in [0.1, 0.15) is 30.1 Å². The molecule has 0 aliphatic rings. The first-order valence-electron chi connectivity index (χ1n) is 5.45. The Hall–Kier alpha value is -1.26. The zero-order valence-electron chi connectivity index (χ0n) is 9.61. The van der Waals surface area contributed by atoms with E-state index in [1.54, 1.807) is 0 Å². The Morgan fingerprint density at radius 1 is 1.53 bits per heavy atom. The van der Waals surface area contributed by atoms with Gasteiger partial charge in [0.05, 0.1) is 5.02 Å². The lowest BCUT2D eigenvalue weighted by Gasteiger charge is -2.13. The summed E-state index contributed by atoms with van der Waals surface area (Å²) in [5.41, 5.74) is 0.406. The molecule has 0 aromatic heterocycles. The monoisotopic (exact) mass is 257 g/mol. The summed E-state index contributed by atoms with van der Waals surface area (Å²) >= 11 is 5.72. The van der Waals surface area contributed by atoms with E-state index in [0.717, 1.165) is 0 Å². The number of carbonyl (C=O) groups is 1. The number of carbonyl (C=O) groups excluding carboxylic acids is 1. The third-order valence-corrected chi connectivity index (χ3v) is 2.69. The fraction of sp³-hybridized carbons (Fsp3) is 0.417. The van der Waals surface area contributed by atoms with Gasteiger partial charge in [0.15, 0.2) is 0 Å². The second-order valence-electron chi connectivity index (χ2n) is 3.91. The highest BCUT2D eigenvalue weighted by atomic mass is 35.5. The summed E-state index contributed by atoms with van der Waals surface area (Å²) in [5, 5.41) is 20.8. The van der Waals surface area contributed by atoms with Crippen molar-refractivity contribution >= 4 is 17.5 Å². The summed E-state index contributed by atoms with van der Waals surface area (Å²) < 4.78 is 0. The summed E-state index contributed by atoms with van der Waals surface area (Å²) in [6, 6.07) is 4.30. The molecule has 0 heterocycles. The zero-order chi connectivity index (χ0) is 12.8. The highest BCUT2D eigenvalue weighted by Gasteiger charge is 2.11. The number of rotatable bonds is 5. The molecular weight excluding hydrogens is 242 g/mol. The number of aliphatic hydroxyl groups is 1. The molecule has 94 valence electrons. The van der Waals surface area contributed by atoms with E-state index in [1.165, 1.54) is 18.2 Å². The van der Waals surface area contributed by atoms with Crippen molar-refractivity contribution in [2.75, 3.05) is 6.61 Å². The van der Waals surface area contributed by atoms with Crippen LogP contribution in [-0.4, -0.2) is 28.8 Å². The maximum atomic E-state index is 11.8. The van der Waals surface area contributed by atoms with E-state index in [2.05, 4.69) is 5.32 Å². The average Bonchev–Trinajstić information content (AvgIpc) is 2.30. The third kappa shape index (κ3) is 4.24. The maximum absolute atomic E-state index is 11.8. The number of halogens is 1. The Balaban J connectivity index is 2.60. The van der Waals surface area contributed by atoms with Gasteiger partial charge < -0.3 is 15.5 Å². The normalized spacial score (nSPS) is 12.2. The number of aliphatic hydroxyl groups excluding tert-OH is 1. The summed E-state index contributed by atoms with van der Waals surface area (Å²) in [6.07, 6.45) is 1.37. The van der Waals surface area contributed by atoms with Gasteiger partial charge in [-0.3, -0.25) is 4.79 Å². The quantitative estimate of drug-likeness (QED) is 0.755. The first-order chi connectivity index (χ1) is 8.04. The summed E-state index contributed by atoms with van der Waals surface area (Å²) in [5.74, 6) is -0.283. The van der Waals surface area contributed by atoms with Crippen LogP contribution >= 0.6 is 11.6 Å². The second kappa shape index (κ2) is 6.47. The predicted molar refractivity (Wildman–Crippen MR) is 66.4 cm³/mol. The molecule has 1 aromatic rings. The number of hydrogen-bond donors (Lipinski definition) is 3. The number of phenols is 1. The smallest absolute Gasteiger partial charge is 0.251 e. The minimum absolute atomic E-state index is 0.0118. The summed E-state index contributed by atoms with van der Waals surface area (Å²) in [4.78, 5) is 11.8. The minimum Gasteiger partial charge on any atom is -0.506 e. The molecule has 0 spiro atoms. The number of benzene rings is 1. The fourth-order valence-corrected chi connectivity index (χ4v) is 1.61. The van der Waals surface area contributed by atoms with Crippen molar-refractivity contribution in [1.29, 1.82) is 0 Å². The molecular formula is C12H16ClNO3. The highest BCUT2D eigenvalue weighted by molar-refractivity contribution is 6.32. The van der Waals surface area contributed by atoms with Crippen LogP contribution in [0.15, 0.2) is 18.2 Å². The van der Waals surface area contributed by atoms with Crippen molar-refractivity contribution in [3.8, 4) is 5.75 Å². The third-order valence-electron chi connectivity index (χ3n) is 2.38. The fourth-order valence-electron chi connectivity index (χ4n) is 1.42. The average molecular weight is 258 g/mol. The Morgan fingerprint density at radius 2 is 2.24 bits per heavy atom. The Morgan fingerprint density at radius 3 is 2.82 bits per heavy atom. The van der Waals surface area contributed by atoms with E-state index in [0.29, 0.717) is 18.4 Å². The highest BCUT2D eigenvalue weighted by Crippen LogP contribution is 2.23. The summed E-state index contributed by atoms with van der Waals surface area (Å²) in [6.45, 7) is 1.99. The molecule has 5 heteroatoms. The van der Waals surface area contributed by atoms with Crippen molar-refractivity contribution in [2.24, 2.45) is 0 Å². The molecule has 0 fully saturated rings. The van der Waals surface area contributed by atoms with Crippen molar-refractivity contribution in [2.45, 2.75) is 25.8 Å². The molecule has 17 heavy (non-hydrogen) atoms. The van der Waals surface area contributed by atoms with E-state index in [4.69, 9.17) is 16.7 Å². The van der Waals surface area contributed by atoms with Gasteiger partial charge in [0, 0.05) is 18.2 Å². The number of aromatic hydroxyl groups is 1. The van der Waals surface area contributed by atoms with Crippen LogP contribution in [0.25, 0.3) is 0 Å². The van der Waals surface area contributed by atoms with Gasteiger partial charge in [-0.05, 0) is 38.0 Å². The largest absolute Gasteiger partial charge is 0.506 e. The van der Waals surface area contributed by atoms with Crippen molar-refractivity contribution in [3.63, 3.8) is 0 Å². The maximum Gasteiger partial charge on any atom is 0.251 e. The van der Waals surface area contributed by atoms with Gasteiger partial charge in [-0.15, -0.1) is 0 Å². The molecule has 3 N–H and O–H groups in total. The van der Waals surface area contributed by atoms with Gasteiger partial charge in [0.2, 0.25) is 0 Å². The van der Waals surface area contributed by atoms with Gasteiger partial charge in [0.25, 0.3) is 5.91 Å². The molecule has 0 saturated carbocycles. The first kappa shape index (κ1) is 13.8. The van der Waals surface area contributed by atoms with Gasteiger partial charge in [-0.1, -0.05) is 11.6 Å². The van der Waals surface area contributed by atoms with Gasteiger partial charge in [-0.2, -0.15) is 0 Å². The van der Waals surface area contributed by atoms with Crippen LogP contribution in [0.2, 0.25) is 5.02 Å². The van der Waals surface area contributed by atoms with Gasteiger partial charge >= 0.3 is 0 Å². The lowest BCUT2D eigenvalue weighted by molar-refractivity contribution is 0.0936. The molecule has 0 bridgehead atoms. The molecule has 1 atom stereocenters. The van der Waals surface area contributed by atoms with Crippen LogP contribution in [-0.2, 0) is 0 Å². The number of hydrogen-bond acceptors (Lipinski definition) is 3. The Kier molecular flexibility index (Phi) is 5.25. The molecule has 1 rings (SSSR count). The van der Waals surface area contributed by atoms with Crippen molar-refractivity contribution < 1.29 is 15.0 Å². The minimum atomic E-state index is -0.239. The van der Waals surface area contributed by atoms with E-state index in [9.17, 15) is 9.90 Å². The van der Waals surface area contributed by atoms with Gasteiger partial charge in [-0.25, -0.2) is 0 Å². The topological polar surface area (TPSA) is 69.6 Å². The van der Waals surface area contributed by atoms with E-state index >= 15 is 0 Å². The Labute approximate surface area is 105 Å². The number of nitrogens with one attached hydrogen (secondary N) is 1. The van der Waals surface area contributed by atoms with Gasteiger partial charge in [0.1, 0.15) is 5.75 Å². The lowest BCUT2D eigenvalue weighted by Crippen LogP contribution is -2.32. The molecule has 0 saturated heterocycles. The number of phenolic OH excluding ortho intramolecular Hbond substituents is 1. The summed E-state index contributed by atoms with van der Waals surface area (Å²) in [7, 11) is 0. The van der Waals surface area contributed by atoms with Crippen molar-refractivity contribution in [1.82, 2.24) is 5.32 Å². The van der Waals surface area contributed by atoms with E-state index in [-0.39, 0.29) is 29.3 Å². The van der Waals surface area contributed by atoms with E-state index in [1.807, 2.05) is 6.92 Å².